The molecule has 0 N–H and O–H groups in total. The number of hydrogen-bond donors (Lipinski definition) is 0. The third-order valence-corrected chi connectivity index (χ3v) is 3.24. The van der Waals surface area contributed by atoms with Crippen molar-refractivity contribution in [2.45, 2.75) is 0 Å². The van der Waals surface area contributed by atoms with Gasteiger partial charge in [-0.2, -0.15) is 5.26 Å². The first kappa shape index (κ1) is 12.2. The maximum atomic E-state index is 10.0. The summed E-state index contributed by atoms with van der Waals surface area (Å²) in [6.45, 7) is 0. The van der Waals surface area contributed by atoms with Crippen LogP contribution in [0.15, 0.2) is 0 Å². The second-order valence-corrected chi connectivity index (χ2v) is 3.83. The van der Waals surface area contributed by atoms with E-state index >= 15 is 0 Å². The van der Waals surface area contributed by atoms with Gasteiger partial charge in [-0.25, -0.2) is 0 Å². The summed E-state index contributed by atoms with van der Waals surface area (Å²) in [6.07, 6.45) is 0. The average molecular weight is 282 g/mol. The third-order valence-electron chi connectivity index (χ3n) is 1.53. The zero-order valence-electron chi connectivity index (χ0n) is 6.81. The number of nitrogens with zero attached hydrogens (tertiary/aromatic N) is 2. The van der Waals surface area contributed by atoms with Gasteiger partial charge in [0, 0.05) is 5.01 Å². The Morgan fingerprint density at radius 3 is 1.67 bits per heavy atom. The molecule has 76 valence electrons. The predicted molar refractivity (Wildman–Crippen MR) is 60.9 cm³/mol. The highest BCUT2D eigenvalue weighted by atomic mass is 35.5. The van der Waals surface area contributed by atoms with Crippen LogP contribution in [0, 0.1) is 22.6 Å². The van der Waals surface area contributed by atoms with Crippen LogP contribution in [0.5, 0.6) is 0 Å². The Kier molecular flexibility index (Phi) is 3.90. The van der Waals surface area contributed by atoms with E-state index in [1.807, 2.05) is 6.07 Å². The first-order valence-electron chi connectivity index (χ1n) is 3.39. The lowest BCUT2D eigenvalue weighted by atomic mass is 10.1. The normalized spacial score (nSPS) is 9.00. The Hall–Kier alpha value is -0.840. The molecule has 0 spiro atoms. The van der Waals surface area contributed by atoms with E-state index < -0.39 is 0 Å². The summed E-state index contributed by atoms with van der Waals surface area (Å²) in [5.41, 5.74) is -0.0767. The van der Waals surface area contributed by atoms with Crippen LogP contribution < -0.4 is 0 Å². The molecule has 0 fully saturated rings. The van der Waals surface area contributed by atoms with Crippen LogP contribution in [-0.4, -0.2) is 0 Å². The molecule has 0 aromatic heterocycles. The summed E-state index contributed by atoms with van der Waals surface area (Å²) >= 11 is 23.0. The molecule has 1 aromatic carbocycles. The minimum atomic E-state index is -0.0836. The second kappa shape index (κ2) is 4.79. The first-order chi connectivity index (χ1) is 7.04. The molecule has 1 rings (SSSR count). The zero-order valence-corrected chi connectivity index (χ0v) is 9.84. The van der Waals surface area contributed by atoms with Gasteiger partial charge in [0.15, 0.2) is 0 Å². The van der Waals surface area contributed by atoms with Crippen molar-refractivity contribution in [3.63, 3.8) is 0 Å². The van der Waals surface area contributed by atoms with Gasteiger partial charge in [0.25, 0.3) is 0 Å². The van der Waals surface area contributed by atoms with E-state index in [9.17, 15) is 5.21 Å². The second-order valence-electron chi connectivity index (χ2n) is 2.32. The van der Waals surface area contributed by atoms with Crippen LogP contribution in [0.4, 0.5) is 0 Å². The Labute approximate surface area is 105 Å². The van der Waals surface area contributed by atoms with Crippen molar-refractivity contribution >= 4 is 46.4 Å². The largest absolute Gasteiger partial charge is 0.498 e. The molecule has 0 unspecified atom stereocenters. The summed E-state index contributed by atoms with van der Waals surface area (Å²) in [7, 11) is 0. The van der Waals surface area contributed by atoms with Crippen LogP contribution in [0.2, 0.25) is 20.1 Å². The monoisotopic (exact) mass is 280 g/mol. The van der Waals surface area contributed by atoms with Gasteiger partial charge in [-0.3, -0.25) is 0 Å². The van der Waals surface area contributed by atoms with E-state index in [0.717, 1.165) is 0 Å². The van der Waals surface area contributed by atoms with E-state index in [4.69, 9.17) is 51.7 Å². The van der Waals surface area contributed by atoms with Gasteiger partial charge >= 0.3 is 6.07 Å². The van der Waals surface area contributed by atoms with Gasteiger partial charge in [0.2, 0.25) is 0 Å². The lowest BCUT2D eigenvalue weighted by Gasteiger charge is -2.04. The van der Waals surface area contributed by atoms with Crippen LogP contribution in [0.25, 0.3) is 5.01 Å². The fourth-order valence-corrected chi connectivity index (χ4v) is 1.90. The highest BCUT2D eigenvalue weighted by molar-refractivity contribution is 6.49. The SMILES string of the molecule is N#Cc1c(Cl)c(Cl)c(C#[N+][O-])c(Cl)c1Cl. The summed E-state index contributed by atoms with van der Waals surface area (Å²) in [6, 6.07) is 3.75. The molecule has 0 atom stereocenters. The lowest BCUT2D eigenvalue weighted by molar-refractivity contribution is 1.48. The molecule has 0 heterocycles. The average Bonchev–Trinajstić information content (AvgIpc) is 2.23. The summed E-state index contributed by atoms with van der Waals surface area (Å²) in [5, 5.41) is 20.8. The fourth-order valence-electron chi connectivity index (χ4n) is 0.874. The molecule has 0 saturated heterocycles. The molecule has 0 amide bonds. The standard InChI is InChI=1S/C8Cl4N2O/c9-5-3(1-13)6(10)8(12)4(2-14-15)7(5)11. The molecule has 0 aliphatic carbocycles. The van der Waals surface area contributed by atoms with Crippen molar-refractivity contribution in [3.05, 3.63) is 41.4 Å². The van der Waals surface area contributed by atoms with Crippen molar-refractivity contribution in [2.24, 2.45) is 0 Å². The first-order valence-corrected chi connectivity index (χ1v) is 4.90. The Morgan fingerprint density at radius 1 is 0.933 bits per heavy atom. The molecule has 3 nitrogen and oxygen atoms in total. The van der Waals surface area contributed by atoms with E-state index in [0.29, 0.717) is 0 Å². The van der Waals surface area contributed by atoms with Crippen molar-refractivity contribution in [1.29, 1.82) is 5.26 Å². The van der Waals surface area contributed by atoms with Crippen molar-refractivity contribution in [1.82, 2.24) is 0 Å². The molecule has 0 radical (unpaired) electrons. The van der Waals surface area contributed by atoms with Gasteiger partial charge in [0.05, 0.1) is 25.7 Å². The number of hydrogen-bond acceptors (Lipinski definition) is 2. The zero-order chi connectivity index (χ0) is 11.6. The molecule has 1 aromatic rings. The van der Waals surface area contributed by atoms with Gasteiger partial charge in [-0.15, -0.1) is 0 Å². The van der Waals surface area contributed by atoms with Gasteiger partial charge < -0.3 is 5.21 Å². The molecule has 15 heavy (non-hydrogen) atoms. The smallest absolute Gasteiger partial charge is 0.339 e. The molecular weight excluding hydrogens is 282 g/mol. The Morgan fingerprint density at radius 2 is 1.33 bits per heavy atom. The summed E-state index contributed by atoms with van der Waals surface area (Å²) < 4.78 is 0. The predicted octanol–water partition coefficient (Wildman–Crippen LogP) is 4.35. The highest BCUT2D eigenvalue weighted by Crippen LogP contribution is 2.40. The number of rotatable bonds is 0. The van der Waals surface area contributed by atoms with Gasteiger partial charge in [-0.1, -0.05) is 46.4 Å². The number of benzene rings is 1. The molecule has 0 bridgehead atoms. The maximum Gasteiger partial charge on any atom is 0.339 e. The minimum absolute atomic E-state index is 0.0256. The van der Waals surface area contributed by atoms with Crippen LogP contribution in [-0.2, 0) is 0 Å². The molecular formula is C8Cl4N2O. The van der Waals surface area contributed by atoms with Crippen molar-refractivity contribution in [2.75, 3.05) is 0 Å². The lowest BCUT2D eigenvalue weighted by Crippen LogP contribution is -1.89. The summed E-state index contributed by atoms with van der Waals surface area (Å²) in [4.78, 5) is 0. The van der Waals surface area contributed by atoms with Crippen molar-refractivity contribution in [3.8, 4) is 12.1 Å². The van der Waals surface area contributed by atoms with Crippen LogP contribution in [0.1, 0.15) is 11.1 Å². The molecule has 0 saturated carbocycles. The van der Waals surface area contributed by atoms with E-state index in [1.54, 1.807) is 6.07 Å². The van der Waals surface area contributed by atoms with Crippen molar-refractivity contribution < 1.29 is 0 Å². The quantitative estimate of drug-likeness (QED) is 0.524. The van der Waals surface area contributed by atoms with E-state index in [-0.39, 0.29) is 31.2 Å². The Balaban J connectivity index is 3.73. The number of nitriles is 1. The Bertz CT molecular complexity index is 495. The minimum Gasteiger partial charge on any atom is -0.498 e. The maximum absolute atomic E-state index is 10.0. The van der Waals surface area contributed by atoms with E-state index in [1.165, 1.54) is 0 Å². The fraction of sp³-hybridized carbons (Fsp3) is 0. The summed E-state index contributed by atoms with van der Waals surface area (Å²) in [5.74, 6) is 0. The van der Waals surface area contributed by atoms with E-state index in [2.05, 4.69) is 5.01 Å². The number of halogens is 4. The van der Waals surface area contributed by atoms with Crippen LogP contribution >= 0.6 is 46.4 Å². The highest BCUT2D eigenvalue weighted by Gasteiger charge is 2.21. The third kappa shape index (κ3) is 2.07. The van der Waals surface area contributed by atoms with Gasteiger partial charge in [-0.05, 0) is 0 Å². The molecule has 0 aliphatic heterocycles. The molecule has 0 aliphatic rings. The van der Waals surface area contributed by atoms with Crippen LogP contribution in [0.3, 0.4) is 0 Å². The topological polar surface area (TPSA) is 51.2 Å². The van der Waals surface area contributed by atoms with Gasteiger partial charge in [0.1, 0.15) is 11.6 Å². The molecule has 7 heteroatoms.